The highest BCUT2D eigenvalue weighted by atomic mass is 17.2. The van der Waals surface area contributed by atoms with Gasteiger partial charge in [0.1, 0.15) is 0 Å². The fraction of sp³-hybridized carbons (Fsp3) is 0.917. The summed E-state index contributed by atoms with van der Waals surface area (Å²) in [5, 5.41) is 0. The smallest absolute Gasteiger partial charge is 0.170 e. The maximum absolute atomic E-state index is 13.1. The van der Waals surface area contributed by atoms with Crippen LogP contribution >= 0.6 is 0 Å². The zero-order valence-electron chi connectivity index (χ0n) is 20.7. The maximum Gasteiger partial charge on any atom is 0.170 e. The molecule has 0 aromatic rings. The minimum Gasteiger partial charge on any atom is -0.296 e. The molecule has 0 amide bonds. The first-order valence-corrected chi connectivity index (χ1v) is 11.7. The third-order valence-corrected chi connectivity index (χ3v) is 5.54. The molecule has 2 unspecified atom stereocenters. The predicted octanol–water partition coefficient (Wildman–Crippen LogP) is 6.01. The third kappa shape index (κ3) is 10.5. The summed E-state index contributed by atoms with van der Waals surface area (Å²) >= 11 is 0. The van der Waals surface area contributed by atoms with E-state index < -0.39 is 23.0 Å². The minimum absolute atomic E-state index is 0.0285. The molecule has 0 saturated carbocycles. The van der Waals surface area contributed by atoms with E-state index >= 15 is 0 Å². The van der Waals surface area contributed by atoms with Crippen LogP contribution in [0, 0.1) is 10.8 Å². The average molecular weight is 431 g/mol. The van der Waals surface area contributed by atoms with Crippen LogP contribution in [0.3, 0.4) is 0 Å². The summed E-state index contributed by atoms with van der Waals surface area (Å²) in [4.78, 5) is 47.3. The second-order valence-electron chi connectivity index (χ2n) is 9.26. The highest BCUT2D eigenvalue weighted by molar-refractivity contribution is 5.89. The predicted molar refractivity (Wildman–Crippen MR) is 119 cm³/mol. The quantitative estimate of drug-likeness (QED) is 0.185. The topological polar surface area (TPSA) is 71.1 Å². The van der Waals surface area contributed by atoms with Crippen LogP contribution in [-0.2, 0) is 29.1 Å². The Labute approximate surface area is 184 Å². The van der Waals surface area contributed by atoms with Crippen molar-refractivity contribution < 1.29 is 29.1 Å². The Bertz CT molecular complexity index is 426. The van der Waals surface area contributed by atoms with E-state index in [4.69, 9.17) is 19.6 Å². The normalized spacial score (nSPS) is 14.5. The van der Waals surface area contributed by atoms with Crippen molar-refractivity contribution in [2.75, 3.05) is 13.2 Å². The van der Waals surface area contributed by atoms with E-state index in [1.54, 1.807) is 0 Å². The molecule has 0 aliphatic rings. The number of Topliss-reactive ketones (excluding diaryl/α,β-unsaturated/α-hetero) is 2. The van der Waals surface area contributed by atoms with E-state index in [1.165, 1.54) is 0 Å². The summed E-state index contributed by atoms with van der Waals surface area (Å²) < 4.78 is 0. The summed E-state index contributed by atoms with van der Waals surface area (Å²) in [6, 6.07) is 0. The Balaban J connectivity index is 5.12. The molecular weight excluding hydrogens is 384 g/mol. The number of unbranched alkanes of at least 4 members (excludes halogenated alkanes) is 2. The first-order chi connectivity index (χ1) is 14.1. The first-order valence-electron chi connectivity index (χ1n) is 11.7. The Hall–Kier alpha value is -0.820. The third-order valence-electron chi connectivity index (χ3n) is 5.54. The van der Waals surface area contributed by atoms with Crippen LogP contribution in [0.15, 0.2) is 0 Å². The van der Waals surface area contributed by atoms with Gasteiger partial charge >= 0.3 is 0 Å². The van der Waals surface area contributed by atoms with E-state index in [0.29, 0.717) is 38.9 Å². The van der Waals surface area contributed by atoms with Crippen molar-refractivity contribution in [3.8, 4) is 0 Å². The lowest BCUT2D eigenvalue weighted by atomic mass is 9.72. The molecular formula is C24H46O6. The Morgan fingerprint density at radius 1 is 0.667 bits per heavy atom. The number of rotatable bonds is 19. The van der Waals surface area contributed by atoms with Crippen molar-refractivity contribution in [2.24, 2.45) is 10.8 Å². The molecule has 0 radical (unpaired) electrons. The molecule has 0 rings (SSSR count). The van der Waals surface area contributed by atoms with Gasteiger partial charge in [0.15, 0.2) is 23.8 Å². The van der Waals surface area contributed by atoms with Gasteiger partial charge in [-0.2, -0.15) is 0 Å². The van der Waals surface area contributed by atoms with E-state index in [9.17, 15) is 9.59 Å². The summed E-state index contributed by atoms with van der Waals surface area (Å²) in [6.07, 6.45) is 5.07. The number of carbonyl (C=O) groups is 2. The zero-order chi connectivity index (χ0) is 23.2. The van der Waals surface area contributed by atoms with E-state index in [1.807, 2.05) is 41.5 Å². The molecule has 0 saturated heterocycles. The molecule has 0 aliphatic heterocycles. The van der Waals surface area contributed by atoms with Crippen LogP contribution in [0.5, 0.6) is 0 Å². The highest BCUT2D eigenvalue weighted by Gasteiger charge is 2.40. The van der Waals surface area contributed by atoms with Crippen LogP contribution in [0.2, 0.25) is 0 Å². The lowest BCUT2D eigenvalue weighted by Gasteiger charge is -2.33. The van der Waals surface area contributed by atoms with Crippen LogP contribution in [0.25, 0.3) is 0 Å². The molecule has 178 valence electrons. The molecule has 0 bridgehead atoms. The van der Waals surface area contributed by atoms with Crippen molar-refractivity contribution in [3.63, 3.8) is 0 Å². The van der Waals surface area contributed by atoms with E-state index in [0.717, 1.165) is 25.7 Å². The average Bonchev–Trinajstić information content (AvgIpc) is 2.71. The Kier molecular flexibility index (Phi) is 14.6. The molecule has 6 nitrogen and oxygen atoms in total. The van der Waals surface area contributed by atoms with Gasteiger partial charge in [0.2, 0.25) is 0 Å². The molecule has 2 atom stereocenters. The largest absolute Gasteiger partial charge is 0.296 e. The summed E-state index contributed by atoms with van der Waals surface area (Å²) in [5.74, 6) is 0.0569. The molecule has 0 aromatic heterocycles. The van der Waals surface area contributed by atoms with Gasteiger partial charge in [0.05, 0.1) is 13.2 Å². The van der Waals surface area contributed by atoms with Gasteiger partial charge < -0.3 is 0 Å². The first kappa shape index (κ1) is 29.2. The van der Waals surface area contributed by atoms with Gasteiger partial charge in [0.25, 0.3) is 0 Å². The second kappa shape index (κ2) is 15.1. The van der Waals surface area contributed by atoms with E-state index in [-0.39, 0.29) is 11.6 Å². The van der Waals surface area contributed by atoms with Crippen LogP contribution in [0.4, 0.5) is 0 Å². The standard InChI is InChI=1S/C24H46O6/c1-9-13-15-19(29-27-11-3)21(25)23(5,6)17-18-24(7,8)22(26)20(16-14-10-2)30-28-12-4/h19-20H,9-18H2,1-8H3. The van der Waals surface area contributed by atoms with Gasteiger partial charge in [-0.25, -0.2) is 19.6 Å². The molecule has 6 heteroatoms. The fourth-order valence-corrected chi connectivity index (χ4v) is 3.27. The Morgan fingerprint density at radius 3 is 1.27 bits per heavy atom. The van der Waals surface area contributed by atoms with E-state index in [2.05, 4.69) is 13.8 Å². The van der Waals surface area contributed by atoms with Gasteiger partial charge in [-0.15, -0.1) is 0 Å². The minimum atomic E-state index is -0.618. The van der Waals surface area contributed by atoms with Crippen molar-refractivity contribution >= 4 is 11.6 Å². The number of ketones is 2. The molecule has 0 aliphatic carbocycles. The van der Waals surface area contributed by atoms with Crippen molar-refractivity contribution in [3.05, 3.63) is 0 Å². The van der Waals surface area contributed by atoms with Crippen molar-refractivity contribution in [2.45, 2.75) is 119 Å². The molecule has 0 N–H and O–H groups in total. The number of hydrogen-bond donors (Lipinski definition) is 0. The number of carbonyl (C=O) groups excluding carboxylic acids is 2. The number of hydrogen-bond acceptors (Lipinski definition) is 6. The zero-order valence-corrected chi connectivity index (χ0v) is 20.7. The van der Waals surface area contributed by atoms with Crippen LogP contribution in [0.1, 0.15) is 107 Å². The molecule has 0 heterocycles. The van der Waals surface area contributed by atoms with Crippen molar-refractivity contribution in [1.82, 2.24) is 0 Å². The molecule has 0 aromatic carbocycles. The highest BCUT2D eigenvalue weighted by Crippen LogP contribution is 2.35. The van der Waals surface area contributed by atoms with Gasteiger partial charge in [-0.1, -0.05) is 67.2 Å². The second-order valence-corrected chi connectivity index (χ2v) is 9.26. The fourth-order valence-electron chi connectivity index (χ4n) is 3.27. The summed E-state index contributed by atoms with van der Waals surface area (Å²) in [6.45, 7) is 16.3. The van der Waals surface area contributed by atoms with Gasteiger partial charge in [-0.05, 0) is 39.5 Å². The molecule has 0 spiro atoms. The lowest BCUT2D eigenvalue weighted by Crippen LogP contribution is -2.40. The maximum atomic E-state index is 13.1. The molecule has 0 fully saturated rings. The Morgan fingerprint density at radius 2 is 1.00 bits per heavy atom. The SMILES string of the molecule is CCCCC(OOCC)C(=O)C(C)(C)CCC(C)(C)C(=O)C(CCCC)OOCC. The summed E-state index contributed by atoms with van der Waals surface area (Å²) in [5.41, 5.74) is -1.24. The van der Waals surface area contributed by atoms with Crippen LogP contribution in [-0.4, -0.2) is 37.0 Å². The lowest BCUT2D eigenvalue weighted by molar-refractivity contribution is -0.316. The summed E-state index contributed by atoms with van der Waals surface area (Å²) in [7, 11) is 0. The van der Waals surface area contributed by atoms with Crippen molar-refractivity contribution in [1.29, 1.82) is 0 Å². The monoisotopic (exact) mass is 430 g/mol. The van der Waals surface area contributed by atoms with Gasteiger partial charge in [0, 0.05) is 10.8 Å². The van der Waals surface area contributed by atoms with Gasteiger partial charge in [-0.3, -0.25) is 9.59 Å². The van der Waals surface area contributed by atoms with Crippen LogP contribution < -0.4 is 0 Å². The molecule has 30 heavy (non-hydrogen) atoms.